The van der Waals surface area contributed by atoms with Gasteiger partial charge in [-0.05, 0) is 25.7 Å². The number of amides is 1. The van der Waals surface area contributed by atoms with Gasteiger partial charge in [0.2, 0.25) is 5.91 Å². The Hall–Kier alpha value is -3.32. The monoisotopic (exact) mass is 435 g/mol. The summed E-state index contributed by atoms with van der Waals surface area (Å²) >= 11 is 0. The van der Waals surface area contributed by atoms with Gasteiger partial charge in [0.05, 0.1) is 43.1 Å². The summed E-state index contributed by atoms with van der Waals surface area (Å²) in [6.07, 6.45) is 8.13. The van der Waals surface area contributed by atoms with Gasteiger partial charge in [-0.15, -0.1) is 0 Å². The van der Waals surface area contributed by atoms with Gasteiger partial charge >= 0.3 is 0 Å². The molecule has 2 aliphatic heterocycles. The summed E-state index contributed by atoms with van der Waals surface area (Å²) < 4.78 is 23.4. The summed E-state index contributed by atoms with van der Waals surface area (Å²) in [5.41, 5.74) is 0.316. The smallest absolute Gasteiger partial charge is 0.249 e. The number of halogens is 1. The zero-order valence-corrected chi connectivity index (χ0v) is 17.8. The molecule has 0 radical (unpaired) electrons. The van der Waals surface area contributed by atoms with Crippen LogP contribution >= 0.6 is 0 Å². The van der Waals surface area contributed by atoms with Gasteiger partial charge in [0, 0.05) is 24.2 Å². The average Bonchev–Trinajstić information content (AvgIpc) is 3.31. The van der Waals surface area contributed by atoms with Gasteiger partial charge in [0.15, 0.2) is 11.6 Å². The Balaban J connectivity index is 1.46. The highest BCUT2D eigenvalue weighted by Gasteiger charge is 2.61. The first-order valence-corrected chi connectivity index (χ1v) is 10.9. The third kappa shape index (κ3) is 2.51. The Bertz CT molecular complexity index is 1290. The zero-order valence-electron chi connectivity index (χ0n) is 17.8. The maximum atomic E-state index is 14.7. The molecule has 5 heterocycles. The minimum absolute atomic E-state index is 0.0545. The molecule has 1 saturated carbocycles. The molecule has 1 amide bonds. The van der Waals surface area contributed by atoms with Gasteiger partial charge in [-0.25, -0.2) is 13.9 Å². The van der Waals surface area contributed by atoms with Crippen molar-refractivity contribution in [3.63, 3.8) is 0 Å². The lowest BCUT2D eigenvalue weighted by Crippen LogP contribution is -2.39. The quantitative estimate of drug-likeness (QED) is 0.624. The molecular formula is C22H22FN7O2. The highest BCUT2D eigenvalue weighted by Crippen LogP contribution is 2.54. The van der Waals surface area contributed by atoms with Crippen LogP contribution < -0.4 is 4.90 Å². The lowest BCUT2D eigenvalue weighted by Gasteiger charge is -2.34. The van der Waals surface area contributed by atoms with Crippen molar-refractivity contribution in [3.8, 4) is 17.3 Å². The molecule has 3 aromatic rings. The Morgan fingerprint density at radius 2 is 2.06 bits per heavy atom. The lowest BCUT2D eigenvalue weighted by molar-refractivity contribution is -0.124. The number of aromatic nitrogens is 5. The molecule has 2 saturated heterocycles. The highest BCUT2D eigenvalue weighted by molar-refractivity contribution is 6.04. The largest absolute Gasteiger partial charge is 0.374 e. The maximum absolute atomic E-state index is 14.7. The Kier molecular flexibility index (Phi) is 3.99. The van der Waals surface area contributed by atoms with E-state index in [0.717, 1.165) is 24.6 Å². The van der Waals surface area contributed by atoms with Gasteiger partial charge < -0.3 is 4.74 Å². The number of nitrogens with zero attached hydrogens (tertiary/aromatic N) is 7. The molecule has 3 aliphatic rings. The topological polar surface area (TPSA) is 101 Å². The molecule has 9 nitrogen and oxygen atoms in total. The van der Waals surface area contributed by atoms with Crippen molar-refractivity contribution in [2.45, 2.75) is 38.8 Å². The Morgan fingerprint density at radius 1 is 1.25 bits per heavy atom. The molecule has 3 aromatic heterocycles. The van der Waals surface area contributed by atoms with Gasteiger partial charge in [-0.2, -0.15) is 15.5 Å². The fourth-order valence-corrected chi connectivity index (χ4v) is 5.09. The normalized spacial score (nSPS) is 30.0. The summed E-state index contributed by atoms with van der Waals surface area (Å²) in [5, 5.41) is 18.5. The van der Waals surface area contributed by atoms with Crippen molar-refractivity contribution in [1.82, 2.24) is 24.4 Å². The summed E-state index contributed by atoms with van der Waals surface area (Å²) in [7, 11) is 0. The van der Waals surface area contributed by atoms with Crippen molar-refractivity contribution in [1.29, 1.82) is 5.26 Å². The van der Waals surface area contributed by atoms with Crippen LogP contribution in [0.5, 0.6) is 0 Å². The number of anilines is 1. The van der Waals surface area contributed by atoms with Crippen molar-refractivity contribution in [3.05, 3.63) is 30.6 Å². The SMILES string of the molecule is CC1OCC1n1cc(-c2cn3ncc(F)c3c(N3C[C@@H](C)[C@@](C#N)(C4CC4)C3=O)n2)cn1. The molecule has 164 valence electrons. The minimum atomic E-state index is -1.07. The number of fused-ring (bicyclic) bond motifs is 1. The molecule has 0 aromatic carbocycles. The number of carbonyl (C=O) groups excluding carboxylic acids is 1. The van der Waals surface area contributed by atoms with Crippen molar-refractivity contribution in [2.24, 2.45) is 17.3 Å². The molecule has 1 aliphatic carbocycles. The third-order valence-corrected chi connectivity index (χ3v) is 7.24. The van der Waals surface area contributed by atoms with Gasteiger partial charge in [-0.1, -0.05) is 6.92 Å². The maximum Gasteiger partial charge on any atom is 0.249 e. The molecule has 10 heteroatoms. The number of carbonyl (C=O) groups is 1. The standard InChI is InChI=1S/C22H22FN7O2/c1-12-7-28(21(31)22(12,11-24)15-3-4-15)20-19-16(23)6-26-30(19)9-17(27-20)14-5-25-29(8-14)18-10-32-13(18)2/h5-6,8-9,12-13,15,18H,3-4,7,10H2,1-2H3/t12-,13?,18?,22+/m1/s1. The molecule has 3 fully saturated rings. The number of rotatable bonds is 4. The van der Waals surface area contributed by atoms with E-state index in [-0.39, 0.29) is 41.2 Å². The average molecular weight is 435 g/mol. The Labute approximate surface area is 183 Å². The van der Waals surface area contributed by atoms with Crippen LogP contribution in [0.1, 0.15) is 32.7 Å². The lowest BCUT2D eigenvalue weighted by atomic mass is 9.75. The van der Waals surface area contributed by atoms with Crippen LogP contribution in [0.3, 0.4) is 0 Å². The molecule has 0 bridgehead atoms. The van der Waals surface area contributed by atoms with Crippen LogP contribution in [-0.4, -0.2) is 49.5 Å². The first-order valence-electron chi connectivity index (χ1n) is 10.9. The third-order valence-electron chi connectivity index (χ3n) is 7.24. The van der Waals surface area contributed by atoms with E-state index in [1.54, 1.807) is 12.4 Å². The second-order valence-electron chi connectivity index (χ2n) is 9.12. The minimum Gasteiger partial charge on any atom is -0.374 e. The molecule has 32 heavy (non-hydrogen) atoms. The summed E-state index contributed by atoms with van der Waals surface area (Å²) in [6.45, 7) is 4.82. The number of hydrogen-bond acceptors (Lipinski definition) is 6. The van der Waals surface area contributed by atoms with Crippen molar-refractivity contribution >= 4 is 17.2 Å². The molecule has 2 unspecified atom stereocenters. The molecule has 0 spiro atoms. The molecule has 6 rings (SSSR count). The summed E-state index contributed by atoms with van der Waals surface area (Å²) in [5.74, 6) is -0.777. The molecule has 4 atom stereocenters. The molecular weight excluding hydrogens is 413 g/mol. The van der Waals surface area contributed by atoms with Crippen LogP contribution in [0.4, 0.5) is 10.2 Å². The van der Waals surface area contributed by atoms with Crippen LogP contribution in [0, 0.1) is 34.4 Å². The second kappa shape index (κ2) is 6.59. The van der Waals surface area contributed by atoms with Crippen LogP contribution in [-0.2, 0) is 9.53 Å². The fraction of sp³-hybridized carbons (Fsp3) is 0.500. The first kappa shape index (κ1) is 19.4. The number of nitriles is 1. The van der Waals surface area contributed by atoms with E-state index >= 15 is 0 Å². The van der Waals surface area contributed by atoms with E-state index < -0.39 is 11.2 Å². The summed E-state index contributed by atoms with van der Waals surface area (Å²) in [6, 6.07) is 2.47. The van der Waals surface area contributed by atoms with Gasteiger partial charge in [0.25, 0.3) is 0 Å². The number of hydrogen-bond donors (Lipinski definition) is 0. The van der Waals surface area contributed by atoms with Gasteiger partial charge in [0.1, 0.15) is 17.0 Å². The predicted molar refractivity (Wildman–Crippen MR) is 111 cm³/mol. The van der Waals surface area contributed by atoms with E-state index in [0.29, 0.717) is 18.8 Å². The van der Waals surface area contributed by atoms with E-state index in [1.807, 2.05) is 24.7 Å². The fourth-order valence-electron chi connectivity index (χ4n) is 5.09. The zero-order chi connectivity index (χ0) is 22.2. The van der Waals surface area contributed by atoms with Crippen LogP contribution in [0.2, 0.25) is 0 Å². The van der Waals surface area contributed by atoms with Crippen LogP contribution in [0.25, 0.3) is 16.8 Å². The second-order valence-corrected chi connectivity index (χ2v) is 9.12. The van der Waals surface area contributed by atoms with Crippen LogP contribution in [0.15, 0.2) is 24.8 Å². The predicted octanol–water partition coefficient (Wildman–Crippen LogP) is 2.59. The van der Waals surface area contributed by atoms with E-state index in [2.05, 4.69) is 16.3 Å². The van der Waals surface area contributed by atoms with E-state index in [1.165, 1.54) is 9.42 Å². The van der Waals surface area contributed by atoms with Crippen molar-refractivity contribution < 1.29 is 13.9 Å². The first-order chi connectivity index (χ1) is 15.4. The summed E-state index contributed by atoms with van der Waals surface area (Å²) in [4.78, 5) is 19.7. The van der Waals surface area contributed by atoms with E-state index in [9.17, 15) is 14.4 Å². The van der Waals surface area contributed by atoms with Gasteiger partial charge in [-0.3, -0.25) is 14.4 Å². The highest BCUT2D eigenvalue weighted by atomic mass is 19.1. The van der Waals surface area contributed by atoms with E-state index in [4.69, 9.17) is 9.72 Å². The molecule has 0 N–H and O–H groups in total. The number of ether oxygens (including phenoxy) is 1. The van der Waals surface area contributed by atoms with Crippen molar-refractivity contribution in [2.75, 3.05) is 18.1 Å². The Morgan fingerprint density at radius 3 is 2.72 bits per heavy atom.